The minimum Gasteiger partial charge on any atom is -0.380 e. The Balaban J connectivity index is 0.000000224. The maximum Gasteiger partial charge on any atom is 0.322 e. The van der Waals surface area contributed by atoms with Gasteiger partial charge >= 0.3 is 12.1 Å². The minimum absolute atomic E-state index is 0.0958. The van der Waals surface area contributed by atoms with Gasteiger partial charge in [0.25, 0.3) is 11.8 Å². The molecule has 0 aliphatic heterocycles. The molecule has 68 heavy (non-hydrogen) atoms. The maximum atomic E-state index is 14.5. The summed E-state index contributed by atoms with van der Waals surface area (Å²) >= 11 is 0. The molecule has 3 aromatic heterocycles. The molecule has 0 radical (unpaired) electrons. The van der Waals surface area contributed by atoms with Crippen molar-refractivity contribution in [2.75, 3.05) is 60.1 Å². The number of rotatable bonds is 13. The van der Waals surface area contributed by atoms with E-state index in [1.165, 1.54) is 46.2 Å². The number of carbonyl (C=O) groups is 4. The van der Waals surface area contributed by atoms with Gasteiger partial charge in [-0.15, -0.1) is 0 Å². The molecular formula is C47H46F2N12O6S. The molecule has 0 spiro atoms. The highest BCUT2D eigenvalue weighted by atomic mass is 32.2. The lowest BCUT2D eigenvalue weighted by atomic mass is 10.1. The highest BCUT2D eigenvalue weighted by molar-refractivity contribution is 7.89. The lowest BCUT2D eigenvalue weighted by molar-refractivity contribution is 0.101. The Morgan fingerprint density at radius 3 is 1.66 bits per heavy atom. The lowest BCUT2D eigenvalue weighted by Crippen LogP contribution is -2.27. The van der Waals surface area contributed by atoms with Crippen LogP contribution in [-0.2, 0) is 23.1 Å². The first-order valence-electron chi connectivity index (χ1n) is 20.5. The Morgan fingerprint density at radius 1 is 0.603 bits per heavy atom. The van der Waals surface area contributed by atoms with E-state index in [1.54, 1.807) is 119 Å². The van der Waals surface area contributed by atoms with Gasteiger partial charge in [0.1, 0.15) is 17.5 Å². The number of amides is 6. The summed E-state index contributed by atoms with van der Waals surface area (Å²) in [6.07, 6.45) is 3.15. The topological polar surface area (TPSA) is 246 Å². The Morgan fingerprint density at radius 2 is 1.13 bits per heavy atom. The van der Waals surface area contributed by atoms with Gasteiger partial charge in [0.2, 0.25) is 10.0 Å². The number of nitrogens with zero attached hydrogens (tertiary/aromatic N) is 5. The normalized spacial score (nSPS) is 10.8. The van der Waals surface area contributed by atoms with Gasteiger partial charge in [-0.05, 0) is 102 Å². The fraction of sp³-hybridized carbons (Fsp3) is 0.128. The van der Waals surface area contributed by atoms with Crippen LogP contribution in [0.1, 0.15) is 31.8 Å². The Labute approximate surface area is 390 Å². The standard InChI is InChI=1S/C25H22F2N6O2.C22H24N6O4S/c1-33(2)25(35)31-22-11-15(9-10-28-22)14-29-21-6-4-3-5-18(21)24(34)32-23-19(27)13-16-12-17(26)7-8-20(16)30-23;1-28(2)22(30)27-20-12-15(10-11-24-20)14-25-19-9-4-3-8-18(19)21(29)26-16-6-5-7-17(13-16)33(23,31)32/h3-13,29H,14H2,1-2H3,(H,28,31,35)(H,30,32,34);3-13,25H,14H2,1-2H3,(H,26,29)(H2,23,31,32)(H,24,27,30). The van der Waals surface area contributed by atoms with Crippen molar-refractivity contribution in [2.45, 2.75) is 18.0 Å². The van der Waals surface area contributed by atoms with Crippen LogP contribution in [0.5, 0.6) is 0 Å². The zero-order valence-electron chi connectivity index (χ0n) is 37.0. The zero-order valence-corrected chi connectivity index (χ0v) is 37.9. The molecule has 0 saturated heterocycles. The van der Waals surface area contributed by atoms with Crippen LogP contribution in [0.4, 0.5) is 52.9 Å². The summed E-state index contributed by atoms with van der Waals surface area (Å²) in [7, 11) is 2.63. The maximum absolute atomic E-state index is 14.5. The third kappa shape index (κ3) is 13.5. The number of pyridine rings is 3. The largest absolute Gasteiger partial charge is 0.380 e. The third-order valence-electron chi connectivity index (χ3n) is 9.62. The third-order valence-corrected chi connectivity index (χ3v) is 10.5. The van der Waals surface area contributed by atoms with Gasteiger partial charge in [0, 0.05) is 76.1 Å². The number of aromatic nitrogens is 3. The predicted molar refractivity (Wildman–Crippen MR) is 257 cm³/mol. The molecule has 8 N–H and O–H groups in total. The van der Waals surface area contributed by atoms with Crippen molar-refractivity contribution in [3.63, 3.8) is 0 Å². The molecule has 0 bridgehead atoms. The number of hydrogen-bond donors (Lipinski definition) is 7. The highest BCUT2D eigenvalue weighted by Crippen LogP contribution is 2.24. The van der Waals surface area contributed by atoms with Gasteiger partial charge in [-0.2, -0.15) is 0 Å². The number of benzene rings is 4. The van der Waals surface area contributed by atoms with Crippen molar-refractivity contribution in [1.29, 1.82) is 0 Å². The summed E-state index contributed by atoms with van der Waals surface area (Å²) in [5.41, 5.74) is 4.06. The molecule has 0 aliphatic rings. The van der Waals surface area contributed by atoms with Crippen molar-refractivity contribution in [3.05, 3.63) is 168 Å². The quantitative estimate of drug-likeness (QED) is 0.0595. The fourth-order valence-corrected chi connectivity index (χ4v) is 6.71. The number of halogens is 2. The van der Waals surface area contributed by atoms with Crippen LogP contribution in [0.2, 0.25) is 0 Å². The molecule has 0 atom stereocenters. The molecule has 3 heterocycles. The predicted octanol–water partition coefficient (Wildman–Crippen LogP) is 7.55. The van der Waals surface area contributed by atoms with E-state index < -0.39 is 33.5 Å². The van der Waals surface area contributed by atoms with Crippen molar-refractivity contribution in [2.24, 2.45) is 5.14 Å². The summed E-state index contributed by atoms with van der Waals surface area (Å²) in [6.45, 7) is 0.713. The first kappa shape index (κ1) is 48.9. The number of para-hydroxylation sites is 2. The number of nitrogens with one attached hydrogen (secondary N) is 6. The van der Waals surface area contributed by atoms with E-state index in [2.05, 4.69) is 46.9 Å². The molecule has 7 rings (SSSR count). The SMILES string of the molecule is CN(C)C(=O)Nc1cc(CNc2ccccc2C(=O)Nc2cccc(S(N)(=O)=O)c2)ccn1.CN(C)C(=O)Nc1cc(CNc2ccccc2C(=O)Nc2nc3ccc(F)cc3cc2F)ccn1. The van der Waals surface area contributed by atoms with Crippen LogP contribution < -0.4 is 37.0 Å². The second-order valence-electron chi connectivity index (χ2n) is 15.2. The van der Waals surface area contributed by atoms with Crippen molar-refractivity contribution >= 4 is 79.3 Å². The van der Waals surface area contributed by atoms with Gasteiger partial charge in [-0.25, -0.2) is 46.9 Å². The van der Waals surface area contributed by atoms with Crippen molar-refractivity contribution < 1.29 is 36.4 Å². The average molecular weight is 945 g/mol. The summed E-state index contributed by atoms with van der Waals surface area (Å²) in [5.74, 6) is -1.70. The summed E-state index contributed by atoms with van der Waals surface area (Å²) < 4.78 is 51.0. The smallest absolute Gasteiger partial charge is 0.322 e. The van der Waals surface area contributed by atoms with Crippen LogP contribution in [0.3, 0.4) is 0 Å². The molecule has 6 amide bonds. The van der Waals surface area contributed by atoms with E-state index in [9.17, 15) is 36.4 Å². The number of urea groups is 2. The number of primary sulfonamides is 1. The van der Waals surface area contributed by atoms with Gasteiger partial charge < -0.3 is 31.1 Å². The Kier molecular flexibility index (Phi) is 15.9. The molecule has 4 aromatic carbocycles. The van der Waals surface area contributed by atoms with Crippen molar-refractivity contribution in [3.8, 4) is 0 Å². The second-order valence-corrected chi connectivity index (χ2v) is 16.7. The van der Waals surface area contributed by atoms with Crippen LogP contribution in [0.25, 0.3) is 10.9 Å². The summed E-state index contributed by atoms with van der Waals surface area (Å²) in [5, 5.41) is 22.4. The van der Waals surface area contributed by atoms with E-state index in [0.717, 1.165) is 17.2 Å². The molecule has 0 saturated carbocycles. The molecule has 21 heteroatoms. The summed E-state index contributed by atoms with van der Waals surface area (Å²) in [4.78, 5) is 64.5. The number of anilines is 6. The van der Waals surface area contributed by atoms with Crippen LogP contribution >= 0.6 is 0 Å². The van der Waals surface area contributed by atoms with E-state index in [0.29, 0.717) is 58.3 Å². The zero-order chi connectivity index (χ0) is 49.0. The summed E-state index contributed by atoms with van der Waals surface area (Å²) in [6, 6.07) is 30.8. The van der Waals surface area contributed by atoms with Gasteiger partial charge in [0.15, 0.2) is 11.6 Å². The van der Waals surface area contributed by atoms with Crippen molar-refractivity contribution in [1.82, 2.24) is 24.8 Å². The van der Waals surface area contributed by atoms with Gasteiger partial charge in [0.05, 0.1) is 21.5 Å². The van der Waals surface area contributed by atoms with E-state index in [4.69, 9.17) is 5.14 Å². The lowest BCUT2D eigenvalue weighted by Gasteiger charge is -2.14. The molecule has 18 nitrogen and oxygen atoms in total. The molecular weight excluding hydrogens is 899 g/mol. The molecule has 7 aromatic rings. The number of carbonyl (C=O) groups excluding carboxylic acids is 4. The minimum atomic E-state index is -3.89. The molecule has 0 aliphatic carbocycles. The van der Waals surface area contributed by atoms with Crippen LogP contribution in [0, 0.1) is 11.6 Å². The Hall–Kier alpha value is -8.56. The first-order valence-corrected chi connectivity index (χ1v) is 22.0. The Bertz CT molecular complexity index is 3100. The number of sulfonamides is 1. The number of nitrogens with two attached hydrogens (primary N) is 1. The van der Waals surface area contributed by atoms with E-state index >= 15 is 0 Å². The second kappa shape index (κ2) is 22.1. The molecule has 0 unspecified atom stereocenters. The van der Waals surface area contributed by atoms with E-state index in [1.807, 2.05) is 0 Å². The monoisotopic (exact) mass is 944 g/mol. The highest BCUT2D eigenvalue weighted by Gasteiger charge is 2.17. The van der Waals surface area contributed by atoms with E-state index in [-0.39, 0.29) is 28.3 Å². The van der Waals surface area contributed by atoms with Crippen LogP contribution in [-0.4, -0.2) is 85.2 Å². The molecule has 350 valence electrons. The fourth-order valence-electron chi connectivity index (χ4n) is 6.15. The first-order chi connectivity index (χ1) is 32.4. The molecule has 0 fully saturated rings. The van der Waals surface area contributed by atoms with Crippen LogP contribution in [0.15, 0.2) is 139 Å². The van der Waals surface area contributed by atoms with Gasteiger partial charge in [-0.3, -0.25) is 20.2 Å². The average Bonchev–Trinajstić information content (AvgIpc) is 3.31. The number of fused-ring (bicyclic) bond motifs is 1. The number of hydrogen-bond acceptors (Lipinski definition) is 11. The van der Waals surface area contributed by atoms with Gasteiger partial charge in [-0.1, -0.05) is 30.3 Å².